The van der Waals surface area contributed by atoms with E-state index in [2.05, 4.69) is 4.74 Å². The number of allylic oxidation sites excluding steroid dienone is 1. The van der Waals surface area contributed by atoms with Gasteiger partial charge >= 0.3 is 15.1 Å². The highest BCUT2D eigenvalue weighted by atomic mass is 28.3. The molecule has 0 spiro atoms. The zero-order chi connectivity index (χ0) is 10.3. The van der Waals surface area contributed by atoms with Gasteiger partial charge in [-0.05, 0) is 19.3 Å². The maximum absolute atomic E-state index is 10.7. The zero-order valence-corrected chi connectivity index (χ0v) is 8.32. The van der Waals surface area contributed by atoms with Crippen molar-refractivity contribution in [1.29, 1.82) is 0 Å². The lowest BCUT2D eigenvalue weighted by atomic mass is 10.2. The fourth-order valence-electron chi connectivity index (χ4n) is 0.987. The predicted octanol–water partition coefficient (Wildman–Crippen LogP) is -0.344. The molecule has 1 aliphatic rings. The van der Waals surface area contributed by atoms with Crippen LogP contribution in [0.3, 0.4) is 0 Å². The van der Waals surface area contributed by atoms with Crippen LogP contribution in [0, 0.1) is 0 Å². The third-order valence-corrected chi connectivity index (χ3v) is 1.49. The molecule has 13 heavy (non-hydrogen) atoms. The molecule has 1 aliphatic carbocycles. The molecule has 0 aromatic rings. The van der Waals surface area contributed by atoms with Crippen molar-refractivity contribution in [1.82, 2.24) is 0 Å². The first-order valence-corrected chi connectivity index (χ1v) is 5.07. The van der Waals surface area contributed by atoms with Gasteiger partial charge in [-0.1, -0.05) is 6.08 Å². The molecular formula is C7H12O5Si. The zero-order valence-electron chi connectivity index (χ0n) is 7.32. The van der Waals surface area contributed by atoms with Gasteiger partial charge in [-0.2, -0.15) is 0 Å². The lowest BCUT2D eigenvalue weighted by Crippen LogP contribution is -2.01. The standard InChI is InChI=1S/C7H10O2.H2O3Si/c1-9-7(8)6-4-2-3-5-6;1-4(2)3/h4H,2-3,5H2,1H3;1-2H. The van der Waals surface area contributed by atoms with E-state index in [1.807, 2.05) is 6.08 Å². The van der Waals surface area contributed by atoms with Crippen molar-refractivity contribution >= 4 is 15.1 Å². The van der Waals surface area contributed by atoms with E-state index in [1.54, 1.807) is 0 Å². The predicted molar refractivity (Wildman–Crippen MR) is 44.8 cm³/mol. The van der Waals surface area contributed by atoms with Crippen LogP contribution in [-0.4, -0.2) is 31.8 Å². The Kier molecular flexibility index (Phi) is 5.78. The van der Waals surface area contributed by atoms with E-state index in [0.717, 1.165) is 24.8 Å². The highest BCUT2D eigenvalue weighted by Crippen LogP contribution is 2.17. The number of hydrogen-bond donors (Lipinski definition) is 2. The van der Waals surface area contributed by atoms with Gasteiger partial charge in [0.05, 0.1) is 7.11 Å². The van der Waals surface area contributed by atoms with Gasteiger partial charge in [-0.3, -0.25) is 4.46 Å². The van der Waals surface area contributed by atoms with Crippen LogP contribution in [-0.2, 0) is 14.0 Å². The third-order valence-electron chi connectivity index (χ3n) is 1.49. The molecule has 5 nitrogen and oxygen atoms in total. The van der Waals surface area contributed by atoms with Crippen molar-refractivity contribution in [3.05, 3.63) is 11.6 Å². The van der Waals surface area contributed by atoms with Crippen molar-refractivity contribution in [3.8, 4) is 0 Å². The molecule has 74 valence electrons. The Morgan fingerprint density at radius 2 is 2.15 bits per heavy atom. The summed E-state index contributed by atoms with van der Waals surface area (Å²) in [5.74, 6) is -0.160. The Balaban J connectivity index is 0.000000310. The van der Waals surface area contributed by atoms with Gasteiger partial charge in [0.25, 0.3) is 0 Å². The van der Waals surface area contributed by atoms with Gasteiger partial charge < -0.3 is 14.3 Å². The van der Waals surface area contributed by atoms with E-state index in [4.69, 9.17) is 14.1 Å². The number of hydrogen-bond acceptors (Lipinski definition) is 3. The minimum Gasteiger partial charge on any atom is -0.511 e. The maximum atomic E-state index is 10.7. The fourth-order valence-corrected chi connectivity index (χ4v) is 0.987. The Morgan fingerprint density at radius 1 is 1.62 bits per heavy atom. The normalized spacial score (nSPS) is 13.8. The lowest BCUT2D eigenvalue weighted by molar-refractivity contribution is -0.136. The van der Waals surface area contributed by atoms with Crippen molar-refractivity contribution < 1.29 is 23.6 Å². The SMILES string of the molecule is COC(=O)C1=CCCC1.O=[Si](O)O. The second-order valence-electron chi connectivity index (χ2n) is 2.40. The molecule has 0 amide bonds. The summed E-state index contributed by atoms with van der Waals surface area (Å²) in [5.41, 5.74) is 0.845. The van der Waals surface area contributed by atoms with Crippen molar-refractivity contribution in [2.45, 2.75) is 19.3 Å². The molecule has 0 bridgehead atoms. The summed E-state index contributed by atoms with van der Waals surface area (Å²) < 4.78 is 13.3. The maximum Gasteiger partial charge on any atom is 0.761 e. The third kappa shape index (κ3) is 6.03. The van der Waals surface area contributed by atoms with Crippen molar-refractivity contribution in [2.24, 2.45) is 0 Å². The van der Waals surface area contributed by atoms with Crippen LogP contribution in [0.4, 0.5) is 0 Å². The van der Waals surface area contributed by atoms with Gasteiger partial charge in [0.2, 0.25) is 0 Å². The minimum absolute atomic E-state index is 0.160. The summed E-state index contributed by atoms with van der Waals surface area (Å²) in [5, 5.41) is 0. The van der Waals surface area contributed by atoms with Gasteiger partial charge in [-0.25, -0.2) is 4.79 Å². The largest absolute Gasteiger partial charge is 0.761 e. The molecule has 0 aromatic heterocycles. The van der Waals surface area contributed by atoms with E-state index in [9.17, 15) is 4.79 Å². The van der Waals surface area contributed by atoms with Crippen LogP contribution in [0.5, 0.6) is 0 Å². The monoisotopic (exact) mass is 204 g/mol. The number of methoxy groups -OCH3 is 1. The molecule has 0 saturated carbocycles. The van der Waals surface area contributed by atoms with Crippen LogP contribution in [0.2, 0.25) is 0 Å². The molecule has 6 heteroatoms. The van der Waals surface area contributed by atoms with Crippen LogP contribution < -0.4 is 0 Å². The molecule has 2 N–H and O–H groups in total. The van der Waals surface area contributed by atoms with Crippen molar-refractivity contribution in [2.75, 3.05) is 7.11 Å². The molecule has 1 rings (SSSR count). The van der Waals surface area contributed by atoms with Crippen LogP contribution in [0.15, 0.2) is 11.6 Å². The summed E-state index contributed by atoms with van der Waals surface area (Å²) in [4.78, 5) is 25.0. The first-order chi connectivity index (χ1) is 6.07. The minimum atomic E-state index is -3.13. The number of ether oxygens (including phenoxy) is 1. The molecule has 0 unspecified atom stereocenters. The smallest absolute Gasteiger partial charge is 0.511 e. The van der Waals surface area contributed by atoms with Crippen molar-refractivity contribution in [3.63, 3.8) is 0 Å². The second kappa shape index (κ2) is 6.35. The number of carbonyl (C=O) groups excluding carboxylic acids is 1. The molecule has 0 fully saturated rings. The van der Waals surface area contributed by atoms with E-state index < -0.39 is 9.17 Å². The summed E-state index contributed by atoms with van der Waals surface area (Å²) in [6, 6.07) is 0. The molecule has 0 aromatic carbocycles. The van der Waals surface area contributed by atoms with E-state index >= 15 is 0 Å². The van der Waals surface area contributed by atoms with E-state index in [0.29, 0.717) is 0 Å². The molecule has 0 heterocycles. The van der Waals surface area contributed by atoms with Gasteiger partial charge in [-0.15, -0.1) is 0 Å². The first-order valence-electron chi connectivity index (χ1n) is 3.77. The molecule has 0 atom stereocenters. The number of rotatable bonds is 1. The molecular weight excluding hydrogens is 192 g/mol. The fraction of sp³-hybridized carbons (Fsp3) is 0.571. The topological polar surface area (TPSA) is 83.8 Å². The average Bonchev–Trinajstić information content (AvgIpc) is 2.54. The Hall–Kier alpha value is -1.17. The van der Waals surface area contributed by atoms with Crippen LogP contribution >= 0.6 is 0 Å². The van der Waals surface area contributed by atoms with Gasteiger partial charge in [0.15, 0.2) is 0 Å². The van der Waals surface area contributed by atoms with Crippen LogP contribution in [0.25, 0.3) is 0 Å². The summed E-state index contributed by atoms with van der Waals surface area (Å²) in [7, 11) is -1.71. The second-order valence-corrected chi connectivity index (χ2v) is 2.96. The Labute approximate surface area is 77.6 Å². The average molecular weight is 204 g/mol. The number of esters is 1. The Morgan fingerprint density at radius 3 is 2.46 bits per heavy atom. The van der Waals surface area contributed by atoms with Gasteiger partial charge in [0.1, 0.15) is 0 Å². The lowest BCUT2D eigenvalue weighted by Gasteiger charge is -1.95. The quantitative estimate of drug-likeness (QED) is 0.451. The van der Waals surface area contributed by atoms with E-state index in [1.165, 1.54) is 7.11 Å². The highest BCUT2D eigenvalue weighted by molar-refractivity contribution is 6.22. The van der Waals surface area contributed by atoms with E-state index in [-0.39, 0.29) is 5.97 Å². The molecule has 0 saturated heterocycles. The number of carbonyl (C=O) groups is 1. The summed E-state index contributed by atoms with van der Waals surface area (Å²) in [6.07, 6.45) is 4.98. The summed E-state index contributed by atoms with van der Waals surface area (Å²) >= 11 is 0. The summed E-state index contributed by atoms with van der Waals surface area (Å²) in [6.45, 7) is 0. The van der Waals surface area contributed by atoms with Gasteiger partial charge in [0, 0.05) is 5.57 Å². The Bertz CT molecular complexity index is 219. The highest BCUT2D eigenvalue weighted by Gasteiger charge is 2.12. The molecule has 0 aliphatic heterocycles. The van der Waals surface area contributed by atoms with Crippen LogP contribution in [0.1, 0.15) is 19.3 Å². The first kappa shape index (κ1) is 11.8. The molecule has 0 radical (unpaired) electrons.